The smallest absolute Gasteiger partial charge is 0.251 e. The van der Waals surface area contributed by atoms with E-state index in [0.717, 1.165) is 34.0 Å². The van der Waals surface area contributed by atoms with Crippen molar-refractivity contribution >= 4 is 22.4 Å². The van der Waals surface area contributed by atoms with Crippen LogP contribution in [0.5, 0.6) is 5.75 Å². The van der Waals surface area contributed by atoms with Gasteiger partial charge in [0.15, 0.2) is 0 Å². The van der Waals surface area contributed by atoms with Gasteiger partial charge in [-0.2, -0.15) is 0 Å². The van der Waals surface area contributed by atoms with E-state index in [0.29, 0.717) is 11.3 Å². The topological polar surface area (TPSA) is 61.4 Å². The lowest BCUT2D eigenvalue weighted by atomic mass is 9.75. The van der Waals surface area contributed by atoms with E-state index in [2.05, 4.69) is 34.9 Å². The number of amides is 1. The molecule has 1 aliphatic heterocycles. The minimum Gasteiger partial charge on any atom is -0.508 e. The Balaban J connectivity index is 1.57. The zero-order valence-corrected chi connectivity index (χ0v) is 18.1. The first-order valence-electron chi connectivity index (χ1n) is 10.9. The number of benzene rings is 3. The summed E-state index contributed by atoms with van der Waals surface area (Å²) in [6.45, 7) is 5.96. The molecule has 1 aliphatic carbocycles. The van der Waals surface area contributed by atoms with E-state index >= 15 is 0 Å². The quantitative estimate of drug-likeness (QED) is 0.459. The largest absolute Gasteiger partial charge is 0.508 e. The van der Waals surface area contributed by atoms with E-state index < -0.39 is 0 Å². The predicted octanol–water partition coefficient (Wildman–Crippen LogP) is 5.90. The number of hydrogen-bond donors (Lipinski definition) is 3. The van der Waals surface area contributed by atoms with Crippen molar-refractivity contribution in [1.82, 2.24) is 5.32 Å². The van der Waals surface area contributed by atoms with Crippen molar-refractivity contribution in [2.75, 3.05) is 5.32 Å². The molecular formula is C27H28N2O2. The molecule has 0 radical (unpaired) electrons. The van der Waals surface area contributed by atoms with Gasteiger partial charge in [0.25, 0.3) is 5.91 Å². The first kappa shape index (κ1) is 19.7. The lowest BCUT2D eigenvalue weighted by molar-refractivity contribution is 0.0919. The first-order chi connectivity index (χ1) is 14.8. The van der Waals surface area contributed by atoms with Crippen molar-refractivity contribution in [3.8, 4) is 5.75 Å². The fourth-order valence-corrected chi connectivity index (χ4v) is 5.05. The van der Waals surface area contributed by atoms with Gasteiger partial charge in [-0.15, -0.1) is 0 Å². The molecule has 0 aromatic heterocycles. The van der Waals surface area contributed by atoms with Gasteiger partial charge < -0.3 is 15.7 Å². The molecule has 5 rings (SSSR count). The molecular weight excluding hydrogens is 384 g/mol. The third-order valence-corrected chi connectivity index (χ3v) is 6.37. The van der Waals surface area contributed by atoms with E-state index in [1.54, 1.807) is 6.07 Å². The molecule has 2 aliphatic rings. The molecule has 0 bridgehead atoms. The maximum Gasteiger partial charge on any atom is 0.251 e. The van der Waals surface area contributed by atoms with E-state index in [1.165, 1.54) is 0 Å². The van der Waals surface area contributed by atoms with Crippen LogP contribution in [0, 0.1) is 5.92 Å². The fourth-order valence-electron chi connectivity index (χ4n) is 5.05. The van der Waals surface area contributed by atoms with Crippen molar-refractivity contribution in [3.63, 3.8) is 0 Å². The molecule has 1 amide bonds. The number of aromatic hydroxyl groups is 1. The summed E-state index contributed by atoms with van der Waals surface area (Å²) < 4.78 is 0. The Bertz CT molecular complexity index is 1210. The molecule has 0 saturated carbocycles. The van der Waals surface area contributed by atoms with Crippen LogP contribution in [0.1, 0.15) is 60.6 Å². The first-order valence-corrected chi connectivity index (χ1v) is 10.9. The number of carbonyl (C=O) groups is 1. The molecule has 0 saturated heterocycles. The van der Waals surface area contributed by atoms with Gasteiger partial charge in [0, 0.05) is 28.3 Å². The van der Waals surface area contributed by atoms with Crippen LogP contribution in [0.3, 0.4) is 0 Å². The zero-order chi connectivity index (χ0) is 21.8. The van der Waals surface area contributed by atoms with Crippen LogP contribution in [0.4, 0.5) is 5.69 Å². The summed E-state index contributed by atoms with van der Waals surface area (Å²) in [7, 11) is 0. The highest BCUT2D eigenvalue weighted by Gasteiger charge is 2.39. The zero-order valence-electron chi connectivity index (χ0n) is 18.1. The van der Waals surface area contributed by atoms with Crippen LogP contribution >= 0.6 is 0 Å². The molecule has 3 unspecified atom stereocenters. The van der Waals surface area contributed by atoms with Gasteiger partial charge in [0.1, 0.15) is 5.75 Å². The number of allylic oxidation sites excluding steroid dienone is 2. The maximum atomic E-state index is 12.7. The van der Waals surface area contributed by atoms with Crippen LogP contribution in [-0.2, 0) is 0 Å². The van der Waals surface area contributed by atoms with E-state index in [9.17, 15) is 9.90 Å². The lowest BCUT2D eigenvalue weighted by Crippen LogP contribution is -2.40. The molecule has 3 N–H and O–H groups in total. The number of rotatable bonds is 2. The van der Waals surface area contributed by atoms with E-state index in [4.69, 9.17) is 0 Å². The summed E-state index contributed by atoms with van der Waals surface area (Å²) in [5.41, 5.74) is 3.53. The Kier molecular flexibility index (Phi) is 4.54. The lowest BCUT2D eigenvalue weighted by Gasteiger charge is -2.38. The van der Waals surface area contributed by atoms with Gasteiger partial charge in [-0.1, -0.05) is 42.5 Å². The van der Waals surface area contributed by atoms with E-state index in [-0.39, 0.29) is 29.3 Å². The molecule has 0 spiro atoms. The fraction of sp³-hybridized carbons (Fsp3) is 0.296. The normalized spacial score (nSPS) is 22.0. The maximum absolute atomic E-state index is 12.7. The molecule has 31 heavy (non-hydrogen) atoms. The molecule has 3 aromatic rings. The summed E-state index contributed by atoms with van der Waals surface area (Å²) in [5.74, 6) is 0.765. The Morgan fingerprint density at radius 3 is 2.71 bits per heavy atom. The summed E-state index contributed by atoms with van der Waals surface area (Å²) in [6, 6.07) is 17.9. The van der Waals surface area contributed by atoms with Crippen LogP contribution in [0.25, 0.3) is 10.8 Å². The monoisotopic (exact) mass is 412 g/mol. The summed E-state index contributed by atoms with van der Waals surface area (Å²) in [4.78, 5) is 12.7. The van der Waals surface area contributed by atoms with Gasteiger partial charge in [-0.05, 0) is 73.7 Å². The second-order valence-corrected chi connectivity index (χ2v) is 9.70. The number of nitrogens with one attached hydrogen (secondary N) is 2. The average Bonchev–Trinajstić information content (AvgIpc) is 3.22. The van der Waals surface area contributed by atoms with Gasteiger partial charge in [0.2, 0.25) is 0 Å². The number of hydrogen-bond acceptors (Lipinski definition) is 3. The number of carbonyl (C=O) groups excluding carboxylic acids is 1. The highest BCUT2D eigenvalue weighted by Crippen LogP contribution is 2.52. The Morgan fingerprint density at radius 2 is 1.90 bits per heavy atom. The number of phenolic OH excluding ortho intramolecular Hbond substituents is 1. The van der Waals surface area contributed by atoms with E-state index in [1.807, 2.05) is 57.2 Å². The summed E-state index contributed by atoms with van der Waals surface area (Å²) in [5, 5.41) is 19.8. The minimum absolute atomic E-state index is 0.00662. The van der Waals surface area contributed by atoms with Crippen LogP contribution < -0.4 is 10.6 Å². The highest BCUT2D eigenvalue weighted by atomic mass is 16.3. The van der Waals surface area contributed by atoms with Gasteiger partial charge in [-0.3, -0.25) is 4.79 Å². The summed E-state index contributed by atoms with van der Waals surface area (Å²) >= 11 is 0. The Hall–Kier alpha value is -3.27. The molecule has 158 valence electrons. The third-order valence-electron chi connectivity index (χ3n) is 6.37. The van der Waals surface area contributed by atoms with Crippen LogP contribution in [0.15, 0.2) is 66.7 Å². The number of anilines is 1. The minimum atomic E-state index is -0.280. The second kappa shape index (κ2) is 7.16. The highest BCUT2D eigenvalue weighted by molar-refractivity contribution is 5.95. The molecule has 3 atom stereocenters. The van der Waals surface area contributed by atoms with Crippen molar-refractivity contribution in [2.45, 2.75) is 44.7 Å². The Morgan fingerprint density at radius 1 is 1.10 bits per heavy atom. The SMILES string of the molecule is CC(C)(C)NC(=O)c1ccc2c(c1)C1C=CCC1C(c1c(O)ccc3ccccc13)N2. The van der Waals surface area contributed by atoms with Gasteiger partial charge in [0.05, 0.1) is 6.04 Å². The van der Waals surface area contributed by atoms with Gasteiger partial charge >= 0.3 is 0 Å². The predicted molar refractivity (Wildman–Crippen MR) is 126 cm³/mol. The summed E-state index contributed by atoms with van der Waals surface area (Å²) in [6.07, 6.45) is 5.41. The van der Waals surface area contributed by atoms with Gasteiger partial charge in [-0.25, -0.2) is 0 Å². The Labute approximate surface area is 183 Å². The number of fused-ring (bicyclic) bond motifs is 4. The molecule has 4 nitrogen and oxygen atoms in total. The molecule has 3 aromatic carbocycles. The average molecular weight is 413 g/mol. The van der Waals surface area contributed by atoms with Crippen molar-refractivity contribution in [2.24, 2.45) is 5.92 Å². The number of phenols is 1. The van der Waals surface area contributed by atoms with Crippen molar-refractivity contribution in [3.05, 3.63) is 83.4 Å². The molecule has 0 fully saturated rings. The molecule has 1 heterocycles. The molecule has 4 heteroatoms. The van der Waals surface area contributed by atoms with Crippen LogP contribution in [-0.4, -0.2) is 16.6 Å². The standard InChI is InChI=1S/C27H28N2O2/c1-27(2,3)29-26(31)17-11-13-22-21(15-17)19-9-6-10-20(19)25(28-22)24-18-8-5-4-7-16(18)12-14-23(24)30/h4-9,11-15,19-20,25,28,30H,10H2,1-3H3,(H,29,31). The van der Waals surface area contributed by atoms with Crippen molar-refractivity contribution < 1.29 is 9.90 Å². The van der Waals surface area contributed by atoms with Crippen LogP contribution in [0.2, 0.25) is 0 Å². The third kappa shape index (κ3) is 3.46. The van der Waals surface area contributed by atoms with Crippen molar-refractivity contribution in [1.29, 1.82) is 0 Å². The second-order valence-electron chi connectivity index (χ2n) is 9.70.